The molecule has 1 aromatic heterocycles. The summed E-state index contributed by atoms with van der Waals surface area (Å²) >= 11 is 0. The lowest BCUT2D eigenvalue weighted by atomic mass is 10.2. The zero-order valence-corrected chi connectivity index (χ0v) is 9.82. The van der Waals surface area contributed by atoms with Crippen molar-refractivity contribution >= 4 is 11.7 Å². The Labute approximate surface area is 108 Å². The van der Waals surface area contributed by atoms with Gasteiger partial charge < -0.3 is 14.5 Å². The molecule has 0 aromatic carbocycles. The van der Waals surface area contributed by atoms with Crippen molar-refractivity contribution in [2.45, 2.75) is 12.8 Å². The fourth-order valence-electron chi connectivity index (χ4n) is 1.26. The molecule has 0 saturated carbocycles. The third-order valence-electron chi connectivity index (χ3n) is 2.00. The second kappa shape index (κ2) is 5.59. The number of pyridine rings is 1. The summed E-state index contributed by atoms with van der Waals surface area (Å²) in [6.07, 6.45) is -5.81. The van der Waals surface area contributed by atoms with Gasteiger partial charge in [-0.1, -0.05) is 0 Å². The number of aromatic amines is 1. The predicted molar refractivity (Wildman–Crippen MR) is 56.1 cm³/mol. The van der Waals surface area contributed by atoms with E-state index in [-0.39, 0.29) is 5.69 Å². The average Bonchev–Trinajstić information content (AvgIpc) is 2.30. The normalized spacial score (nSPS) is 11.0. The van der Waals surface area contributed by atoms with Crippen LogP contribution in [0.2, 0.25) is 0 Å². The van der Waals surface area contributed by atoms with E-state index in [1.54, 1.807) is 0 Å². The van der Waals surface area contributed by atoms with Crippen LogP contribution < -0.4 is 10.3 Å². The van der Waals surface area contributed by atoms with Gasteiger partial charge in [-0.05, 0) is 0 Å². The highest BCUT2D eigenvalue weighted by molar-refractivity contribution is 5.72. The number of hydrogen-bond donors (Lipinski definition) is 1. The Morgan fingerprint density at radius 3 is 2.55 bits per heavy atom. The number of esters is 1. The Bertz CT molecular complexity index is 594. The number of halogens is 3. The van der Waals surface area contributed by atoms with E-state index in [1.165, 1.54) is 0 Å². The van der Waals surface area contributed by atoms with E-state index in [0.717, 1.165) is 7.11 Å². The van der Waals surface area contributed by atoms with E-state index in [1.807, 2.05) is 4.98 Å². The van der Waals surface area contributed by atoms with Crippen LogP contribution in [0.3, 0.4) is 0 Å². The van der Waals surface area contributed by atoms with Gasteiger partial charge in [0.1, 0.15) is 0 Å². The van der Waals surface area contributed by atoms with Crippen LogP contribution in [0, 0.1) is 10.1 Å². The molecule has 1 N–H and O–H groups in total. The summed E-state index contributed by atoms with van der Waals surface area (Å²) < 4.78 is 43.7. The Balaban J connectivity index is 3.30. The van der Waals surface area contributed by atoms with Crippen LogP contribution in [-0.4, -0.2) is 29.3 Å². The number of rotatable bonds is 4. The Morgan fingerprint density at radius 2 is 2.10 bits per heavy atom. The maximum Gasteiger partial charge on any atom is 0.573 e. The number of carbonyl (C=O) groups is 1. The third kappa shape index (κ3) is 3.96. The predicted octanol–water partition coefficient (Wildman–Crippen LogP) is 0.897. The number of ether oxygens (including phenoxy) is 2. The second-order valence-electron chi connectivity index (χ2n) is 3.40. The molecule has 0 saturated heterocycles. The summed E-state index contributed by atoms with van der Waals surface area (Å²) in [7, 11) is 1.04. The Hall–Kier alpha value is -2.59. The van der Waals surface area contributed by atoms with Gasteiger partial charge in [-0.15, -0.1) is 13.2 Å². The smallest absolute Gasteiger partial charge is 0.469 e. The van der Waals surface area contributed by atoms with Gasteiger partial charge in [0.05, 0.1) is 18.5 Å². The molecule has 0 bridgehead atoms. The maximum absolute atomic E-state index is 12.1. The summed E-state index contributed by atoms with van der Waals surface area (Å²) in [4.78, 5) is 33.6. The standard InChI is InChI=1S/C9H7F3N2O6/c1-19-6(15)3-4-2-5(14(17)18)7(8(16)13-4)20-9(10,11)12/h2H,3H2,1H3,(H,13,16). The number of nitrogens with one attached hydrogen (secondary N) is 1. The number of carbonyl (C=O) groups excluding carboxylic acids is 1. The quantitative estimate of drug-likeness (QED) is 0.502. The number of hydrogen-bond acceptors (Lipinski definition) is 6. The minimum absolute atomic E-state index is 0.275. The van der Waals surface area contributed by atoms with Crippen molar-refractivity contribution in [2.75, 3.05) is 7.11 Å². The lowest BCUT2D eigenvalue weighted by molar-refractivity contribution is -0.389. The molecule has 20 heavy (non-hydrogen) atoms. The largest absolute Gasteiger partial charge is 0.573 e. The van der Waals surface area contributed by atoms with Crippen molar-refractivity contribution < 1.29 is 32.4 Å². The Morgan fingerprint density at radius 1 is 1.50 bits per heavy atom. The van der Waals surface area contributed by atoms with Crippen molar-refractivity contribution in [3.63, 3.8) is 0 Å². The van der Waals surface area contributed by atoms with Crippen LogP contribution in [0.15, 0.2) is 10.9 Å². The van der Waals surface area contributed by atoms with Crippen molar-refractivity contribution in [3.8, 4) is 5.75 Å². The first-order valence-electron chi connectivity index (χ1n) is 4.87. The van der Waals surface area contributed by atoms with Gasteiger partial charge >= 0.3 is 18.0 Å². The van der Waals surface area contributed by atoms with Gasteiger partial charge in [-0.25, -0.2) is 0 Å². The number of aromatic nitrogens is 1. The molecule has 11 heteroatoms. The van der Waals surface area contributed by atoms with Crippen LogP contribution in [0.5, 0.6) is 5.75 Å². The molecule has 0 aliphatic rings. The van der Waals surface area contributed by atoms with Gasteiger partial charge in [0.25, 0.3) is 11.3 Å². The molecule has 1 aromatic rings. The highest BCUT2D eigenvalue weighted by Gasteiger charge is 2.36. The molecule has 110 valence electrons. The van der Waals surface area contributed by atoms with Gasteiger partial charge in [-0.2, -0.15) is 0 Å². The molecular formula is C9H7F3N2O6. The summed E-state index contributed by atoms with van der Waals surface area (Å²) in [5, 5.41) is 10.7. The minimum Gasteiger partial charge on any atom is -0.469 e. The molecular weight excluding hydrogens is 289 g/mol. The fraction of sp³-hybridized carbons (Fsp3) is 0.333. The highest BCUT2D eigenvalue weighted by atomic mass is 19.4. The van der Waals surface area contributed by atoms with Crippen LogP contribution in [0.1, 0.15) is 5.69 Å². The van der Waals surface area contributed by atoms with Crippen LogP contribution >= 0.6 is 0 Å². The molecule has 0 fully saturated rings. The van der Waals surface area contributed by atoms with Crippen molar-refractivity contribution in [1.82, 2.24) is 4.98 Å². The van der Waals surface area contributed by atoms with E-state index < -0.39 is 40.7 Å². The average molecular weight is 296 g/mol. The number of nitro groups is 1. The van der Waals surface area contributed by atoms with Crippen molar-refractivity contribution in [3.05, 3.63) is 32.2 Å². The highest BCUT2D eigenvalue weighted by Crippen LogP contribution is 2.28. The number of H-pyrrole nitrogens is 1. The number of nitrogens with zero attached hydrogens (tertiary/aromatic N) is 1. The van der Waals surface area contributed by atoms with Gasteiger partial charge in [0.15, 0.2) is 0 Å². The van der Waals surface area contributed by atoms with Gasteiger partial charge in [0, 0.05) is 11.8 Å². The maximum atomic E-state index is 12.1. The molecule has 8 nitrogen and oxygen atoms in total. The van der Waals surface area contributed by atoms with E-state index in [4.69, 9.17) is 0 Å². The molecule has 0 aliphatic carbocycles. The summed E-state index contributed by atoms with van der Waals surface area (Å²) in [6, 6.07) is 0.597. The summed E-state index contributed by atoms with van der Waals surface area (Å²) in [5.74, 6) is -2.34. The molecule has 1 rings (SSSR count). The summed E-state index contributed by atoms with van der Waals surface area (Å²) in [5.41, 5.74) is -2.96. The first-order valence-corrected chi connectivity index (χ1v) is 4.87. The van der Waals surface area contributed by atoms with Crippen LogP contribution in [0.4, 0.5) is 18.9 Å². The zero-order chi connectivity index (χ0) is 15.5. The van der Waals surface area contributed by atoms with E-state index in [2.05, 4.69) is 9.47 Å². The molecule has 0 radical (unpaired) electrons. The summed E-state index contributed by atoms with van der Waals surface area (Å²) in [6.45, 7) is 0. The molecule has 0 aliphatic heterocycles. The van der Waals surface area contributed by atoms with Gasteiger partial charge in [-0.3, -0.25) is 19.7 Å². The number of alkyl halides is 3. The topological polar surface area (TPSA) is 112 Å². The number of methoxy groups -OCH3 is 1. The Kier molecular flexibility index (Phi) is 4.32. The zero-order valence-electron chi connectivity index (χ0n) is 9.82. The van der Waals surface area contributed by atoms with E-state index in [9.17, 15) is 32.9 Å². The molecule has 0 unspecified atom stereocenters. The molecule has 0 spiro atoms. The fourth-order valence-corrected chi connectivity index (χ4v) is 1.26. The lowest BCUT2D eigenvalue weighted by Crippen LogP contribution is -2.25. The first-order chi connectivity index (χ1) is 9.14. The van der Waals surface area contributed by atoms with Crippen LogP contribution in [0.25, 0.3) is 0 Å². The van der Waals surface area contributed by atoms with Gasteiger partial charge in [0.2, 0.25) is 0 Å². The van der Waals surface area contributed by atoms with Crippen molar-refractivity contribution in [1.29, 1.82) is 0 Å². The SMILES string of the molecule is COC(=O)Cc1cc([N+](=O)[O-])c(OC(F)(F)F)c(=O)[nH]1. The second-order valence-corrected chi connectivity index (χ2v) is 3.40. The third-order valence-corrected chi connectivity index (χ3v) is 2.00. The molecule has 1 heterocycles. The molecule has 0 amide bonds. The lowest BCUT2D eigenvalue weighted by Gasteiger charge is -2.09. The van der Waals surface area contributed by atoms with Crippen LogP contribution in [-0.2, 0) is 16.0 Å². The minimum atomic E-state index is -5.26. The van der Waals surface area contributed by atoms with E-state index in [0.29, 0.717) is 6.07 Å². The molecule has 0 atom stereocenters. The van der Waals surface area contributed by atoms with E-state index >= 15 is 0 Å². The first kappa shape index (κ1) is 15.5. The monoisotopic (exact) mass is 296 g/mol. The van der Waals surface area contributed by atoms with Crippen molar-refractivity contribution in [2.24, 2.45) is 0 Å².